The molecule has 0 spiro atoms. The molecule has 0 bridgehead atoms. The number of aryl methyl sites for hydroxylation is 1. The monoisotopic (exact) mass is 368 g/mol. The highest BCUT2D eigenvalue weighted by molar-refractivity contribution is 9.10. The normalized spacial score (nSPS) is 10.2. The van der Waals surface area contributed by atoms with Crippen molar-refractivity contribution in [1.82, 2.24) is 0 Å². The van der Waals surface area contributed by atoms with Crippen molar-refractivity contribution < 1.29 is 9.31 Å². The van der Waals surface area contributed by atoms with Gasteiger partial charge in [0.25, 0.3) is 5.69 Å². The summed E-state index contributed by atoms with van der Waals surface area (Å²) in [6.45, 7) is 1.64. The van der Waals surface area contributed by atoms with E-state index in [4.69, 9.17) is 12.2 Å². The second kappa shape index (κ2) is 6.28. The summed E-state index contributed by atoms with van der Waals surface area (Å²) in [5.74, 6) is -0.400. The summed E-state index contributed by atoms with van der Waals surface area (Å²) >= 11 is 8.39. The maximum absolute atomic E-state index is 13.4. The maximum atomic E-state index is 13.4. The van der Waals surface area contributed by atoms with Crippen LogP contribution < -0.4 is 5.32 Å². The zero-order valence-corrected chi connectivity index (χ0v) is 13.3. The highest BCUT2D eigenvalue weighted by Crippen LogP contribution is 2.26. The molecule has 108 valence electrons. The summed E-state index contributed by atoms with van der Waals surface area (Å²) in [6, 6.07) is 9.16. The van der Waals surface area contributed by atoms with Crippen LogP contribution in [0.25, 0.3) is 0 Å². The van der Waals surface area contributed by atoms with Gasteiger partial charge in [0.05, 0.1) is 15.1 Å². The van der Waals surface area contributed by atoms with Gasteiger partial charge in [-0.1, -0.05) is 18.3 Å². The van der Waals surface area contributed by atoms with Crippen LogP contribution in [0.15, 0.2) is 40.9 Å². The van der Waals surface area contributed by atoms with Gasteiger partial charge in [0.2, 0.25) is 0 Å². The number of nitrogens with zero attached hydrogens (tertiary/aromatic N) is 1. The van der Waals surface area contributed by atoms with Crippen molar-refractivity contribution >= 4 is 44.5 Å². The van der Waals surface area contributed by atoms with E-state index in [-0.39, 0.29) is 10.2 Å². The van der Waals surface area contributed by atoms with Gasteiger partial charge >= 0.3 is 0 Å². The average molecular weight is 369 g/mol. The Bertz CT molecular complexity index is 737. The second-order valence-electron chi connectivity index (χ2n) is 4.31. The standard InChI is InChI=1S/C14H10BrFN2O2S/c1-8-7-9(5-6-12(8)18(19)20)14(21)17-11-4-2-3-10(16)13(11)15/h2-7H,1H3,(H,17,21). The molecule has 0 amide bonds. The van der Waals surface area contributed by atoms with Crippen LogP contribution in [-0.4, -0.2) is 9.91 Å². The first-order valence-corrected chi connectivity index (χ1v) is 7.10. The largest absolute Gasteiger partial charge is 0.345 e. The number of hydrogen-bond donors (Lipinski definition) is 1. The minimum Gasteiger partial charge on any atom is -0.345 e. The minimum atomic E-state index is -0.446. The lowest BCUT2D eigenvalue weighted by Crippen LogP contribution is -2.11. The van der Waals surface area contributed by atoms with Crippen LogP contribution in [0.1, 0.15) is 11.1 Å². The van der Waals surface area contributed by atoms with E-state index in [0.29, 0.717) is 21.8 Å². The van der Waals surface area contributed by atoms with E-state index in [1.165, 1.54) is 12.1 Å². The summed E-state index contributed by atoms with van der Waals surface area (Å²) < 4.78 is 13.7. The molecule has 0 heterocycles. The summed E-state index contributed by atoms with van der Waals surface area (Å²) in [6.07, 6.45) is 0. The van der Waals surface area contributed by atoms with Gasteiger partial charge in [-0.15, -0.1) is 0 Å². The molecule has 1 N–H and O–H groups in total. The number of thiocarbonyl (C=S) groups is 1. The van der Waals surface area contributed by atoms with Gasteiger partial charge in [-0.05, 0) is 47.1 Å². The number of halogens is 2. The van der Waals surface area contributed by atoms with Crippen molar-refractivity contribution in [3.8, 4) is 0 Å². The third-order valence-corrected chi connectivity index (χ3v) is 4.00. The van der Waals surface area contributed by atoms with Crippen molar-refractivity contribution in [3.63, 3.8) is 0 Å². The minimum absolute atomic E-state index is 0.0356. The highest BCUT2D eigenvalue weighted by Gasteiger charge is 2.13. The average Bonchev–Trinajstić information content (AvgIpc) is 2.43. The number of hydrogen-bond acceptors (Lipinski definition) is 3. The van der Waals surface area contributed by atoms with E-state index in [2.05, 4.69) is 21.2 Å². The molecule has 0 saturated carbocycles. The predicted molar refractivity (Wildman–Crippen MR) is 87.3 cm³/mol. The zero-order valence-electron chi connectivity index (χ0n) is 10.9. The van der Waals surface area contributed by atoms with Crippen LogP contribution in [0.3, 0.4) is 0 Å². The number of nitrogens with one attached hydrogen (secondary N) is 1. The fourth-order valence-corrected chi connectivity index (χ4v) is 2.40. The Balaban J connectivity index is 2.27. The lowest BCUT2D eigenvalue weighted by atomic mass is 10.1. The van der Waals surface area contributed by atoms with E-state index in [1.807, 2.05) is 0 Å². The van der Waals surface area contributed by atoms with E-state index >= 15 is 0 Å². The molecule has 4 nitrogen and oxygen atoms in total. The number of rotatable bonds is 3. The topological polar surface area (TPSA) is 55.2 Å². The fraction of sp³-hybridized carbons (Fsp3) is 0.0714. The summed E-state index contributed by atoms with van der Waals surface area (Å²) in [4.78, 5) is 10.7. The smallest absolute Gasteiger partial charge is 0.272 e. The van der Waals surface area contributed by atoms with Gasteiger partial charge in [0.15, 0.2) is 0 Å². The highest BCUT2D eigenvalue weighted by atomic mass is 79.9. The number of anilines is 1. The van der Waals surface area contributed by atoms with Crippen LogP contribution in [0.2, 0.25) is 0 Å². The van der Waals surface area contributed by atoms with Gasteiger partial charge in [0.1, 0.15) is 10.8 Å². The van der Waals surface area contributed by atoms with Crippen molar-refractivity contribution in [2.75, 3.05) is 5.32 Å². The molecule has 0 atom stereocenters. The Morgan fingerprint density at radius 2 is 2.10 bits per heavy atom. The number of nitro benzene ring substituents is 1. The van der Waals surface area contributed by atoms with E-state index in [1.54, 1.807) is 31.2 Å². The molecule has 2 aromatic rings. The molecule has 0 aromatic heterocycles. The van der Waals surface area contributed by atoms with E-state index < -0.39 is 10.7 Å². The van der Waals surface area contributed by atoms with Crippen LogP contribution in [0, 0.1) is 22.9 Å². The van der Waals surface area contributed by atoms with Crippen LogP contribution in [-0.2, 0) is 0 Å². The first-order chi connectivity index (χ1) is 9.90. The van der Waals surface area contributed by atoms with Crippen LogP contribution in [0.4, 0.5) is 15.8 Å². The third kappa shape index (κ3) is 3.43. The summed E-state index contributed by atoms with van der Waals surface area (Å²) in [5, 5.41) is 13.7. The molecule has 7 heteroatoms. The lowest BCUT2D eigenvalue weighted by Gasteiger charge is -2.11. The predicted octanol–water partition coefficient (Wildman–Crippen LogP) is 4.59. The molecule has 0 saturated heterocycles. The lowest BCUT2D eigenvalue weighted by molar-refractivity contribution is -0.385. The van der Waals surface area contributed by atoms with Gasteiger partial charge in [-0.2, -0.15) is 0 Å². The van der Waals surface area contributed by atoms with Gasteiger partial charge in [0, 0.05) is 17.2 Å². The first-order valence-electron chi connectivity index (χ1n) is 5.90. The van der Waals surface area contributed by atoms with Gasteiger partial charge in [-0.3, -0.25) is 10.1 Å². The number of benzene rings is 2. The molecule has 0 unspecified atom stereocenters. The van der Waals surface area contributed by atoms with Gasteiger partial charge < -0.3 is 5.32 Å². The Morgan fingerprint density at radius 1 is 1.38 bits per heavy atom. The molecule has 0 aliphatic carbocycles. The van der Waals surface area contributed by atoms with E-state index in [9.17, 15) is 14.5 Å². The molecule has 0 radical (unpaired) electrons. The fourth-order valence-electron chi connectivity index (χ4n) is 1.80. The van der Waals surface area contributed by atoms with Gasteiger partial charge in [-0.25, -0.2) is 4.39 Å². The molecular formula is C14H10BrFN2O2S. The summed E-state index contributed by atoms with van der Waals surface area (Å²) in [7, 11) is 0. The second-order valence-corrected chi connectivity index (χ2v) is 5.52. The zero-order chi connectivity index (χ0) is 15.6. The Kier molecular flexibility index (Phi) is 4.64. The Labute approximate surface area is 134 Å². The number of nitro groups is 1. The van der Waals surface area contributed by atoms with Crippen molar-refractivity contribution in [2.24, 2.45) is 0 Å². The molecular weight excluding hydrogens is 359 g/mol. The quantitative estimate of drug-likeness (QED) is 0.488. The van der Waals surface area contributed by atoms with Crippen molar-refractivity contribution in [2.45, 2.75) is 6.92 Å². The SMILES string of the molecule is Cc1cc(C(=S)Nc2cccc(F)c2Br)ccc1[N+](=O)[O-]. The molecule has 2 rings (SSSR count). The summed E-state index contributed by atoms with van der Waals surface area (Å²) in [5.41, 5.74) is 1.67. The molecule has 0 fully saturated rings. The molecule has 21 heavy (non-hydrogen) atoms. The van der Waals surface area contributed by atoms with Crippen molar-refractivity contribution in [1.29, 1.82) is 0 Å². The Morgan fingerprint density at radius 3 is 2.71 bits per heavy atom. The molecule has 0 aliphatic rings. The third-order valence-electron chi connectivity index (χ3n) is 2.86. The molecule has 2 aromatic carbocycles. The Hall–Kier alpha value is -1.86. The molecule has 0 aliphatic heterocycles. The van der Waals surface area contributed by atoms with Crippen molar-refractivity contribution in [3.05, 3.63) is 67.9 Å². The van der Waals surface area contributed by atoms with Crippen LogP contribution in [0.5, 0.6) is 0 Å². The van der Waals surface area contributed by atoms with E-state index in [0.717, 1.165) is 0 Å². The first kappa shape index (κ1) is 15.5. The maximum Gasteiger partial charge on any atom is 0.272 e. The van der Waals surface area contributed by atoms with Crippen LogP contribution >= 0.6 is 28.1 Å².